The van der Waals surface area contributed by atoms with Crippen molar-refractivity contribution in [1.82, 2.24) is 10.2 Å². The molecule has 5 heteroatoms. The lowest BCUT2D eigenvalue weighted by atomic mass is 10.4. The number of aliphatic hydroxyl groups excluding tert-OH is 1. The Kier molecular flexibility index (Phi) is 8.51. The van der Waals surface area contributed by atoms with E-state index in [4.69, 9.17) is 9.84 Å². The second-order valence-electron chi connectivity index (χ2n) is 3.24. The van der Waals surface area contributed by atoms with Crippen molar-refractivity contribution in [3.05, 3.63) is 0 Å². The second-order valence-corrected chi connectivity index (χ2v) is 3.24. The quantitative estimate of drug-likeness (QED) is 0.501. The molecule has 0 aromatic rings. The molecule has 14 heavy (non-hydrogen) atoms. The Labute approximate surface area is 85.0 Å². The molecule has 0 rings (SSSR count). The zero-order valence-electron chi connectivity index (χ0n) is 8.95. The number of nitrogens with one attached hydrogen (secondary N) is 1. The van der Waals surface area contributed by atoms with Gasteiger partial charge in [0.05, 0.1) is 19.8 Å². The van der Waals surface area contributed by atoms with E-state index in [9.17, 15) is 4.79 Å². The molecule has 0 heterocycles. The van der Waals surface area contributed by atoms with Crippen molar-refractivity contribution in [2.24, 2.45) is 0 Å². The molecule has 0 radical (unpaired) electrons. The van der Waals surface area contributed by atoms with Gasteiger partial charge in [0.15, 0.2) is 0 Å². The number of hydrogen-bond acceptors (Lipinski definition) is 4. The van der Waals surface area contributed by atoms with Gasteiger partial charge in [0.2, 0.25) is 5.91 Å². The number of aliphatic hydroxyl groups is 1. The summed E-state index contributed by atoms with van der Waals surface area (Å²) in [6, 6.07) is 0. The van der Waals surface area contributed by atoms with Crippen molar-refractivity contribution in [1.29, 1.82) is 0 Å². The minimum atomic E-state index is 0.0224. The summed E-state index contributed by atoms with van der Waals surface area (Å²) in [5.74, 6) is 0.0336. The number of ether oxygens (including phenoxy) is 1. The third-order valence-electron chi connectivity index (χ3n) is 1.59. The zero-order valence-corrected chi connectivity index (χ0v) is 8.95. The molecule has 0 atom stereocenters. The molecule has 0 spiro atoms. The van der Waals surface area contributed by atoms with Crippen LogP contribution in [0.5, 0.6) is 0 Å². The summed E-state index contributed by atoms with van der Waals surface area (Å²) < 4.78 is 4.98. The normalized spacial score (nSPS) is 10.6. The van der Waals surface area contributed by atoms with E-state index in [1.54, 1.807) is 0 Å². The molecule has 0 bridgehead atoms. The molecule has 84 valence electrons. The predicted octanol–water partition coefficient (Wildman–Crippen LogP) is -0.937. The van der Waals surface area contributed by atoms with Crippen molar-refractivity contribution < 1.29 is 14.6 Å². The molecule has 5 nitrogen and oxygen atoms in total. The highest BCUT2D eigenvalue weighted by Gasteiger charge is 2.00. The van der Waals surface area contributed by atoms with Crippen LogP contribution in [0.4, 0.5) is 0 Å². The first-order valence-corrected chi connectivity index (χ1v) is 4.77. The molecule has 0 aliphatic rings. The number of rotatable bonds is 8. The molecule has 0 fully saturated rings. The smallest absolute Gasteiger partial charge is 0.221 e. The van der Waals surface area contributed by atoms with Gasteiger partial charge in [-0.1, -0.05) is 0 Å². The number of carbonyl (C=O) groups is 1. The highest BCUT2D eigenvalue weighted by atomic mass is 16.5. The Morgan fingerprint density at radius 2 is 2.14 bits per heavy atom. The standard InChI is InChI=1S/C9H20N2O3/c1-11(2)5-3-9(13)10-4-7-14-8-6-12/h12H,3-8H2,1-2H3,(H,10,13). The molecule has 0 aromatic carbocycles. The SMILES string of the molecule is CN(C)CCC(=O)NCCOCCO. The monoisotopic (exact) mass is 204 g/mol. The molecule has 0 aliphatic heterocycles. The van der Waals surface area contributed by atoms with Crippen LogP contribution in [-0.4, -0.2) is 62.9 Å². The largest absolute Gasteiger partial charge is 0.394 e. The van der Waals surface area contributed by atoms with Crippen molar-refractivity contribution in [2.75, 3.05) is 47.0 Å². The van der Waals surface area contributed by atoms with Gasteiger partial charge in [-0.15, -0.1) is 0 Å². The van der Waals surface area contributed by atoms with Crippen molar-refractivity contribution in [2.45, 2.75) is 6.42 Å². The van der Waals surface area contributed by atoms with Gasteiger partial charge in [-0.3, -0.25) is 4.79 Å². The van der Waals surface area contributed by atoms with Crippen LogP contribution in [-0.2, 0) is 9.53 Å². The molecule has 2 N–H and O–H groups in total. The lowest BCUT2D eigenvalue weighted by Crippen LogP contribution is -2.30. The predicted molar refractivity (Wildman–Crippen MR) is 54.1 cm³/mol. The van der Waals surface area contributed by atoms with Crippen LogP contribution in [0.25, 0.3) is 0 Å². The van der Waals surface area contributed by atoms with E-state index in [2.05, 4.69) is 5.32 Å². The first-order valence-electron chi connectivity index (χ1n) is 4.77. The Bertz CT molecular complexity index is 151. The molecule has 0 saturated carbocycles. The van der Waals surface area contributed by atoms with Crippen LogP contribution in [0.3, 0.4) is 0 Å². The van der Waals surface area contributed by atoms with Gasteiger partial charge in [0.25, 0.3) is 0 Å². The van der Waals surface area contributed by atoms with E-state index in [0.717, 1.165) is 6.54 Å². The van der Waals surface area contributed by atoms with Gasteiger partial charge in [-0.25, -0.2) is 0 Å². The fraction of sp³-hybridized carbons (Fsp3) is 0.889. The maximum absolute atomic E-state index is 11.1. The number of amides is 1. The molecular formula is C9H20N2O3. The number of carbonyl (C=O) groups excluding carboxylic acids is 1. The summed E-state index contributed by atoms with van der Waals surface area (Å²) >= 11 is 0. The average molecular weight is 204 g/mol. The maximum Gasteiger partial charge on any atom is 0.221 e. The van der Waals surface area contributed by atoms with Crippen LogP contribution < -0.4 is 5.32 Å². The molecule has 0 aliphatic carbocycles. The van der Waals surface area contributed by atoms with Gasteiger partial charge < -0.3 is 20.1 Å². The van der Waals surface area contributed by atoms with Gasteiger partial charge in [-0.05, 0) is 14.1 Å². The van der Waals surface area contributed by atoms with E-state index < -0.39 is 0 Å². The van der Waals surface area contributed by atoms with Crippen molar-refractivity contribution >= 4 is 5.91 Å². The highest BCUT2D eigenvalue weighted by molar-refractivity contribution is 5.75. The van der Waals surface area contributed by atoms with Gasteiger partial charge in [0, 0.05) is 19.5 Å². The first kappa shape index (κ1) is 13.4. The van der Waals surface area contributed by atoms with E-state index in [1.165, 1.54) is 0 Å². The topological polar surface area (TPSA) is 61.8 Å². The van der Waals surface area contributed by atoms with Crippen LogP contribution >= 0.6 is 0 Å². The minimum absolute atomic E-state index is 0.0224. The third-order valence-corrected chi connectivity index (χ3v) is 1.59. The first-order chi connectivity index (χ1) is 6.66. The highest BCUT2D eigenvalue weighted by Crippen LogP contribution is 1.83. The molecule has 0 unspecified atom stereocenters. The maximum atomic E-state index is 11.1. The molecule has 0 aromatic heterocycles. The van der Waals surface area contributed by atoms with Gasteiger partial charge in [-0.2, -0.15) is 0 Å². The van der Waals surface area contributed by atoms with Gasteiger partial charge in [0.1, 0.15) is 0 Å². The summed E-state index contributed by atoms with van der Waals surface area (Å²) in [5, 5.41) is 11.1. The van der Waals surface area contributed by atoms with Crippen LogP contribution in [0, 0.1) is 0 Å². The fourth-order valence-electron chi connectivity index (χ4n) is 0.843. The number of hydrogen-bond donors (Lipinski definition) is 2. The molecule has 0 saturated heterocycles. The lowest BCUT2D eigenvalue weighted by Gasteiger charge is -2.09. The number of nitrogens with zero attached hydrogens (tertiary/aromatic N) is 1. The summed E-state index contributed by atoms with van der Waals surface area (Å²) in [5.41, 5.74) is 0. The van der Waals surface area contributed by atoms with Crippen molar-refractivity contribution in [3.63, 3.8) is 0 Å². The van der Waals surface area contributed by atoms with Crippen LogP contribution in [0.2, 0.25) is 0 Å². The summed E-state index contributed by atoms with van der Waals surface area (Å²) in [7, 11) is 3.86. The van der Waals surface area contributed by atoms with Gasteiger partial charge >= 0.3 is 0 Å². The average Bonchev–Trinajstić information content (AvgIpc) is 2.14. The minimum Gasteiger partial charge on any atom is -0.394 e. The van der Waals surface area contributed by atoms with E-state index >= 15 is 0 Å². The summed E-state index contributed by atoms with van der Waals surface area (Å²) in [6.45, 7) is 2.06. The Balaban J connectivity index is 3.18. The Hall–Kier alpha value is -0.650. The third kappa shape index (κ3) is 9.44. The fourth-order valence-corrected chi connectivity index (χ4v) is 0.843. The molecule has 1 amide bonds. The van der Waals surface area contributed by atoms with Crippen LogP contribution in [0.15, 0.2) is 0 Å². The Morgan fingerprint density at radius 1 is 1.43 bits per heavy atom. The Morgan fingerprint density at radius 3 is 2.71 bits per heavy atom. The zero-order chi connectivity index (χ0) is 10.8. The van der Waals surface area contributed by atoms with Crippen LogP contribution in [0.1, 0.15) is 6.42 Å². The molecular weight excluding hydrogens is 184 g/mol. The van der Waals surface area contributed by atoms with Crippen molar-refractivity contribution in [3.8, 4) is 0 Å². The second kappa shape index (κ2) is 8.93. The lowest BCUT2D eigenvalue weighted by molar-refractivity contribution is -0.121. The van der Waals surface area contributed by atoms with E-state index in [0.29, 0.717) is 26.2 Å². The van der Waals surface area contributed by atoms with E-state index in [-0.39, 0.29) is 12.5 Å². The summed E-state index contributed by atoms with van der Waals surface area (Å²) in [6.07, 6.45) is 0.507. The summed E-state index contributed by atoms with van der Waals surface area (Å²) in [4.78, 5) is 13.1. The van der Waals surface area contributed by atoms with E-state index in [1.807, 2.05) is 19.0 Å².